The zero-order valence-electron chi connectivity index (χ0n) is 10.5. The second kappa shape index (κ2) is 4.99. The minimum atomic E-state index is -0.0996. The van der Waals surface area contributed by atoms with Crippen LogP contribution in [0.15, 0.2) is 64.5 Å². The molecule has 0 bridgehead atoms. The number of ketones is 2. The van der Waals surface area contributed by atoms with Gasteiger partial charge in [0, 0.05) is 16.7 Å². The maximum atomic E-state index is 12.1. The molecule has 2 heteroatoms. The van der Waals surface area contributed by atoms with Crippen LogP contribution in [0.4, 0.5) is 0 Å². The van der Waals surface area contributed by atoms with Crippen LogP contribution in [0.1, 0.15) is 20.3 Å². The summed E-state index contributed by atoms with van der Waals surface area (Å²) in [5.74, 6) is -0.175. The molecular weight excluding hydrogens is 224 g/mol. The van der Waals surface area contributed by atoms with Crippen molar-refractivity contribution in [2.24, 2.45) is 0 Å². The number of carbonyl (C=O) groups excluding carboxylic acids is 2. The van der Waals surface area contributed by atoms with Gasteiger partial charge in [-0.3, -0.25) is 9.59 Å². The van der Waals surface area contributed by atoms with Crippen molar-refractivity contribution >= 4 is 11.6 Å². The molecule has 0 aromatic heterocycles. The van der Waals surface area contributed by atoms with Gasteiger partial charge in [0.15, 0.2) is 5.78 Å². The molecule has 0 N–H and O–H groups in total. The topological polar surface area (TPSA) is 34.1 Å². The number of allylic oxidation sites excluding steroid dienone is 9. The van der Waals surface area contributed by atoms with Crippen LogP contribution in [0.3, 0.4) is 0 Å². The molecule has 0 saturated heterocycles. The van der Waals surface area contributed by atoms with Gasteiger partial charge in [0.2, 0.25) is 5.78 Å². The van der Waals surface area contributed by atoms with E-state index in [4.69, 9.17) is 0 Å². The first-order chi connectivity index (χ1) is 8.79. The van der Waals surface area contributed by atoms with Crippen molar-refractivity contribution in [3.8, 4) is 0 Å². The number of rotatable bonds is 0. The Morgan fingerprint density at radius 3 is 2.28 bits per heavy atom. The van der Waals surface area contributed by atoms with Crippen molar-refractivity contribution in [3.05, 3.63) is 64.5 Å². The fraction of sp³-hybridized carbons (Fsp3) is 0.188. The molecule has 0 fully saturated rings. The first-order valence-corrected chi connectivity index (χ1v) is 6.13. The summed E-state index contributed by atoms with van der Waals surface area (Å²) in [6.07, 6.45) is 11.3. The third-order valence-electron chi connectivity index (χ3n) is 2.84. The van der Waals surface area contributed by atoms with Crippen LogP contribution >= 0.6 is 0 Å². The lowest BCUT2D eigenvalue weighted by atomic mass is 9.83. The fourth-order valence-electron chi connectivity index (χ4n) is 2.05. The number of hydrogen-bond donors (Lipinski definition) is 0. The maximum absolute atomic E-state index is 12.1. The molecule has 0 spiro atoms. The van der Waals surface area contributed by atoms with Crippen LogP contribution in [-0.2, 0) is 9.59 Å². The second-order valence-electron chi connectivity index (χ2n) is 3.79. The summed E-state index contributed by atoms with van der Waals surface area (Å²) < 4.78 is 0. The highest BCUT2D eigenvalue weighted by atomic mass is 16.1. The van der Waals surface area contributed by atoms with Gasteiger partial charge in [-0.1, -0.05) is 38.2 Å². The lowest BCUT2D eigenvalue weighted by molar-refractivity contribution is -0.116. The predicted molar refractivity (Wildman–Crippen MR) is 71.0 cm³/mol. The molecule has 0 amide bonds. The summed E-state index contributed by atoms with van der Waals surface area (Å²) in [6.45, 7) is 4.00. The van der Waals surface area contributed by atoms with E-state index in [1.807, 2.05) is 26.0 Å². The van der Waals surface area contributed by atoms with Crippen molar-refractivity contribution in [1.82, 2.24) is 0 Å². The molecule has 0 aliphatic heterocycles. The Hall–Kier alpha value is -2.18. The molecule has 3 aliphatic carbocycles. The largest absolute Gasteiger partial charge is 0.289 e. The Balaban J connectivity index is 0.000000574. The number of carbonyl (C=O) groups is 2. The van der Waals surface area contributed by atoms with Crippen LogP contribution in [0, 0.1) is 0 Å². The molecule has 18 heavy (non-hydrogen) atoms. The van der Waals surface area contributed by atoms with Crippen LogP contribution in [0.5, 0.6) is 0 Å². The molecule has 0 radical (unpaired) electrons. The van der Waals surface area contributed by atoms with Crippen molar-refractivity contribution < 1.29 is 9.59 Å². The zero-order chi connectivity index (χ0) is 13.1. The first-order valence-electron chi connectivity index (χ1n) is 6.13. The molecule has 2 nitrogen and oxygen atoms in total. The molecule has 0 aromatic carbocycles. The average Bonchev–Trinajstić information content (AvgIpc) is 2.76. The number of hydrogen-bond acceptors (Lipinski definition) is 2. The van der Waals surface area contributed by atoms with Gasteiger partial charge >= 0.3 is 0 Å². The molecule has 3 aliphatic rings. The summed E-state index contributed by atoms with van der Waals surface area (Å²) in [5.41, 5.74) is 4.71. The Morgan fingerprint density at radius 1 is 1.00 bits per heavy atom. The molecule has 0 heterocycles. The van der Waals surface area contributed by atoms with Gasteiger partial charge in [0.05, 0.1) is 5.57 Å². The van der Waals surface area contributed by atoms with E-state index < -0.39 is 0 Å². The minimum Gasteiger partial charge on any atom is -0.289 e. The smallest absolute Gasteiger partial charge is 0.202 e. The summed E-state index contributed by atoms with van der Waals surface area (Å²) in [4.78, 5) is 24.2. The second-order valence-corrected chi connectivity index (χ2v) is 3.79. The van der Waals surface area contributed by atoms with E-state index in [0.29, 0.717) is 22.3 Å². The van der Waals surface area contributed by atoms with Crippen LogP contribution in [0.2, 0.25) is 0 Å². The third kappa shape index (κ3) is 1.77. The van der Waals surface area contributed by atoms with Crippen molar-refractivity contribution in [3.63, 3.8) is 0 Å². The molecule has 0 saturated carbocycles. The third-order valence-corrected chi connectivity index (χ3v) is 2.84. The standard InChI is InChI=1S/C14H8O2.C2H6/c15-13-9-5-2-1-3-6-10(9)14(16)12-8-4-7-11(12)13;1-2/h2-7H,1H2;1-2H3. The monoisotopic (exact) mass is 238 g/mol. The van der Waals surface area contributed by atoms with Crippen molar-refractivity contribution in [2.75, 3.05) is 0 Å². The van der Waals surface area contributed by atoms with Crippen molar-refractivity contribution in [2.45, 2.75) is 20.3 Å². The molecule has 0 unspecified atom stereocenters. The van der Waals surface area contributed by atoms with Gasteiger partial charge in [0.1, 0.15) is 0 Å². The first kappa shape index (κ1) is 12.3. The highest BCUT2D eigenvalue weighted by molar-refractivity contribution is 6.31. The van der Waals surface area contributed by atoms with Gasteiger partial charge in [-0.25, -0.2) is 0 Å². The number of fused-ring (bicyclic) bond motifs is 1. The quantitative estimate of drug-likeness (QED) is 0.608. The van der Waals surface area contributed by atoms with E-state index in [2.05, 4.69) is 5.73 Å². The predicted octanol–water partition coefficient (Wildman–Crippen LogP) is 3.00. The lowest BCUT2D eigenvalue weighted by Gasteiger charge is -2.15. The number of Topliss-reactive ketones (excluding diaryl/α,β-unsaturated/α-hetero) is 2. The fourth-order valence-corrected chi connectivity index (χ4v) is 2.05. The van der Waals surface area contributed by atoms with E-state index in [0.717, 1.165) is 6.42 Å². The summed E-state index contributed by atoms with van der Waals surface area (Å²) in [5, 5.41) is 0. The van der Waals surface area contributed by atoms with E-state index >= 15 is 0 Å². The highest BCUT2D eigenvalue weighted by Crippen LogP contribution is 2.32. The Morgan fingerprint density at radius 2 is 1.61 bits per heavy atom. The maximum Gasteiger partial charge on any atom is 0.202 e. The molecule has 0 aromatic rings. The van der Waals surface area contributed by atoms with Crippen molar-refractivity contribution in [1.29, 1.82) is 0 Å². The Kier molecular flexibility index (Phi) is 3.40. The summed E-state index contributed by atoms with van der Waals surface area (Å²) in [7, 11) is 0. The normalized spacial score (nSPS) is 19.7. The molecule has 90 valence electrons. The molecular formula is C16H14O2. The van der Waals surface area contributed by atoms with E-state index in [-0.39, 0.29) is 11.6 Å². The van der Waals surface area contributed by atoms with Gasteiger partial charge in [-0.2, -0.15) is 0 Å². The average molecular weight is 238 g/mol. The van der Waals surface area contributed by atoms with E-state index in [9.17, 15) is 9.59 Å². The van der Waals surface area contributed by atoms with Gasteiger partial charge in [-0.05, 0) is 18.6 Å². The highest BCUT2D eigenvalue weighted by Gasteiger charge is 2.33. The van der Waals surface area contributed by atoms with Crippen LogP contribution < -0.4 is 0 Å². The Labute approximate surface area is 106 Å². The zero-order valence-corrected chi connectivity index (χ0v) is 10.5. The SMILES string of the molecule is CC.O=C1C2=C=CC=C2C(=O)C2=C1C=CCC=C2. The van der Waals surface area contributed by atoms with Gasteiger partial charge < -0.3 is 0 Å². The Bertz CT molecular complexity index is 601. The summed E-state index contributed by atoms with van der Waals surface area (Å²) >= 11 is 0. The van der Waals surface area contributed by atoms with Gasteiger partial charge in [-0.15, -0.1) is 5.73 Å². The molecule has 3 rings (SSSR count). The molecule has 0 atom stereocenters. The van der Waals surface area contributed by atoms with E-state index in [1.54, 1.807) is 24.3 Å². The van der Waals surface area contributed by atoms with Crippen LogP contribution in [0.25, 0.3) is 0 Å². The van der Waals surface area contributed by atoms with Gasteiger partial charge in [0.25, 0.3) is 0 Å². The lowest BCUT2D eigenvalue weighted by Crippen LogP contribution is -2.21. The summed E-state index contributed by atoms with van der Waals surface area (Å²) in [6, 6.07) is 0. The minimum absolute atomic E-state index is 0.0753. The van der Waals surface area contributed by atoms with Crippen LogP contribution in [-0.4, -0.2) is 11.6 Å². The van der Waals surface area contributed by atoms with E-state index in [1.165, 1.54) is 0 Å².